The molecule has 0 bridgehead atoms. The number of aliphatic hydroxyl groups excluding tert-OH is 1. The van der Waals surface area contributed by atoms with Crippen LogP contribution in [0.2, 0.25) is 0 Å². The predicted molar refractivity (Wildman–Crippen MR) is 61.9 cm³/mol. The van der Waals surface area contributed by atoms with Gasteiger partial charge in [0.05, 0.1) is 11.8 Å². The van der Waals surface area contributed by atoms with Crippen molar-refractivity contribution in [1.82, 2.24) is 0 Å². The molecule has 1 saturated heterocycles. The highest BCUT2D eigenvalue weighted by molar-refractivity contribution is 5.50. The first-order valence-corrected chi connectivity index (χ1v) is 5.65. The van der Waals surface area contributed by atoms with Gasteiger partial charge in [0, 0.05) is 19.6 Å². The molecule has 1 atom stereocenters. The number of hydrogen-bond donors (Lipinski definition) is 2. The molecule has 0 radical (unpaired) electrons. The molecule has 1 aromatic carbocycles. The van der Waals surface area contributed by atoms with Gasteiger partial charge in [0.2, 0.25) is 0 Å². The molecule has 16 heavy (non-hydrogen) atoms. The standard InChI is InChI=1S/C12H17FN2O/c13-10-7-9(12(16)8-14)3-4-11(10)15-5-1-2-6-15/h3-4,7,12,16H,1-2,5-6,8,14H2. The van der Waals surface area contributed by atoms with Crippen molar-refractivity contribution in [1.29, 1.82) is 0 Å². The fraction of sp³-hybridized carbons (Fsp3) is 0.500. The number of benzene rings is 1. The van der Waals surface area contributed by atoms with Crippen LogP contribution in [0.4, 0.5) is 10.1 Å². The van der Waals surface area contributed by atoms with E-state index in [9.17, 15) is 9.50 Å². The highest BCUT2D eigenvalue weighted by Gasteiger charge is 2.17. The molecule has 0 spiro atoms. The van der Waals surface area contributed by atoms with E-state index in [1.165, 1.54) is 6.07 Å². The van der Waals surface area contributed by atoms with Gasteiger partial charge in [-0.25, -0.2) is 4.39 Å². The molecule has 0 amide bonds. The zero-order valence-electron chi connectivity index (χ0n) is 9.19. The largest absolute Gasteiger partial charge is 0.387 e. The summed E-state index contributed by atoms with van der Waals surface area (Å²) in [4.78, 5) is 2.04. The average Bonchev–Trinajstić information content (AvgIpc) is 2.81. The normalized spacial score (nSPS) is 17.8. The van der Waals surface area contributed by atoms with Gasteiger partial charge in [0.15, 0.2) is 0 Å². The van der Waals surface area contributed by atoms with Gasteiger partial charge >= 0.3 is 0 Å². The van der Waals surface area contributed by atoms with Gasteiger partial charge in [0.1, 0.15) is 5.82 Å². The summed E-state index contributed by atoms with van der Waals surface area (Å²) >= 11 is 0. The maximum atomic E-state index is 13.8. The fourth-order valence-corrected chi connectivity index (χ4v) is 2.08. The Hall–Kier alpha value is -1.13. The van der Waals surface area contributed by atoms with E-state index in [4.69, 9.17) is 5.73 Å². The molecule has 1 aliphatic rings. The van der Waals surface area contributed by atoms with Gasteiger partial charge < -0.3 is 15.7 Å². The van der Waals surface area contributed by atoms with Crippen molar-refractivity contribution in [2.75, 3.05) is 24.5 Å². The molecule has 4 heteroatoms. The summed E-state index contributed by atoms with van der Waals surface area (Å²) < 4.78 is 13.8. The summed E-state index contributed by atoms with van der Waals surface area (Å²) in [7, 11) is 0. The second kappa shape index (κ2) is 4.80. The molecule has 1 aromatic rings. The van der Waals surface area contributed by atoms with Crippen LogP contribution in [0.1, 0.15) is 24.5 Å². The third-order valence-corrected chi connectivity index (χ3v) is 3.03. The van der Waals surface area contributed by atoms with Crippen LogP contribution in [-0.2, 0) is 0 Å². The Kier molecular flexibility index (Phi) is 3.41. The summed E-state index contributed by atoms with van der Waals surface area (Å²) in [6, 6.07) is 4.86. The van der Waals surface area contributed by atoms with Crippen LogP contribution in [0.3, 0.4) is 0 Å². The molecular weight excluding hydrogens is 207 g/mol. The lowest BCUT2D eigenvalue weighted by molar-refractivity contribution is 0.186. The molecule has 0 aromatic heterocycles. The van der Waals surface area contributed by atoms with Crippen molar-refractivity contribution in [2.24, 2.45) is 5.73 Å². The van der Waals surface area contributed by atoms with Crippen LogP contribution < -0.4 is 10.6 Å². The molecule has 2 rings (SSSR count). The maximum Gasteiger partial charge on any atom is 0.146 e. The lowest BCUT2D eigenvalue weighted by Crippen LogP contribution is -2.19. The molecule has 1 aliphatic heterocycles. The maximum absolute atomic E-state index is 13.8. The minimum absolute atomic E-state index is 0.114. The van der Waals surface area contributed by atoms with E-state index in [1.54, 1.807) is 12.1 Å². The molecular formula is C12H17FN2O. The van der Waals surface area contributed by atoms with Gasteiger partial charge in [-0.3, -0.25) is 0 Å². The van der Waals surface area contributed by atoms with Crippen LogP contribution in [0, 0.1) is 5.82 Å². The smallest absolute Gasteiger partial charge is 0.146 e. The topological polar surface area (TPSA) is 49.5 Å². The zero-order valence-corrected chi connectivity index (χ0v) is 9.19. The molecule has 0 aliphatic carbocycles. The van der Waals surface area contributed by atoms with Crippen LogP contribution in [0.25, 0.3) is 0 Å². The quantitative estimate of drug-likeness (QED) is 0.816. The SMILES string of the molecule is NCC(O)c1ccc(N2CCCC2)c(F)c1. The Bertz CT molecular complexity index is 364. The summed E-state index contributed by atoms with van der Waals surface area (Å²) in [5.74, 6) is -0.271. The third-order valence-electron chi connectivity index (χ3n) is 3.03. The first-order valence-electron chi connectivity index (χ1n) is 5.65. The lowest BCUT2D eigenvalue weighted by atomic mass is 10.1. The lowest BCUT2D eigenvalue weighted by Gasteiger charge is -2.19. The monoisotopic (exact) mass is 224 g/mol. The minimum Gasteiger partial charge on any atom is -0.387 e. The van der Waals surface area contributed by atoms with Gasteiger partial charge in [-0.15, -0.1) is 0 Å². The Morgan fingerprint density at radius 2 is 2.06 bits per heavy atom. The fourth-order valence-electron chi connectivity index (χ4n) is 2.08. The van der Waals surface area contributed by atoms with Crippen molar-refractivity contribution in [3.63, 3.8) is 0 Å². The zero-order chi connectivity index (χ0) is 11.5. The van der Waals surface area contributed by atoms with E-state index in [1.807, 2.05) is 4.90 Å². The van der Waals surface area contributed by atoms with Crippen molar-refractivity contribution < 1.29 is 9.50 Å². The number of aliphatic hydroxyl groups is 1. The molecule has 88 valence electrons. The van der Waals surface area contributed by atoms with Crippen molar-refractivity contribution in [3.8, 4) is 0 Å². The van der Waals surface area contributed by atoms with Crippen LogP contribution in [-0.4, -0.2) is 24.7 Å². The Labute approximate surface area is 94.7 Å². The summed E-state index contributed by atoms with van der Waals surface area (Å²) in [5, 5.41) is 9.50. The number of nitrogens with zero attached hydrogens (tertiary/aromatic N) is 1. The summed E-state index contributed by atoms with van der Waals surface area (Å²) in [6.07, 6.45) is 1.46. The molecule has 1 heterocycles. The van der Waals surface area contributed by atoms with Crippen LogP contribution in [0.5, 0.6) is 0 Å². The van der Waals surface area contributed by atoms with Gasteiger partial charge in [-0.05, 0) is 30.5 Å². The number of hydrogen-bond acceptors (Lipinski definition) is 3. The van der Waals surface area contributed by atoms with Gasteiger partial charge in [-0.2, -0.15) is 0 Å². The van der Waals surface area contributed by atoms with E-state index < -0.39 is 6.10 Å². The van der Waals surface area contributed by atoms with Gasteiger partial charge in [-0.1, -0.05) is 6.07 Å². The number of anilines is 1. The molecule has 0 saturated carbocycles. The predicted octanol–water partition coefficient (Wildman–Crippen LogP) is 1.42. The third kappa shape index (κ3) is 2.18. The summed E-state index contributed by atoms with van der Waals surface area (Å²) in [6.45, 7) is 1.94. The second-order valence-corrected chi connectivity index (χ2v) is 4.16. The molecule has 1 fully saturated rings. The highest BCUT2D eigenvalue weighted by Crippen LogP contribution is 2.26. The number of halogens is 1. The van der Waals surface area contributed by atoms with Crippen molar-refractivity contribution in [2.45, 2.75) is 18.9 Å². The van der Waals surface area contributed by atoms with Crippen molar-refractivity contribution >= 4 is 5.69 Å². The van der Waals surface area contributed by atoms with Gasteiger partial charge in [0.25, 0.3) is 0 Å². The van der Waals surface area contributed by atoms with E-state index in [2.05, 4.69) is 0 Å². The summed E-state index contributed by atoms with van der Waals surface area (Å²) in [5.41, 5.74) is 6.51. The Balaban J connectivity index is 2.22. The highest BCUT2D eigenvalue weighted by atomic mass is 19.1. The first kappa shape index (κ1) is 11.4. The Morgan fingerprint density at radius 1 is 1.38 bits per heavy atom. The average molecular weight is 224 g/mol. The number of rotatable bonds is 3. The van der Waals surface area contributed by atoms with Crippen LogP contribution in [0.15, 0.2) is 18.2 Å². The van der Waals surface area contributed by atoms with Crippen LogP contribution >= 0.6 is 0 Å². The molecule has 3 N–H and O–H groups in total. The number of nitrogens with two attached hydrogens (primary N) is 1. The van der Waals surface area contributed by atoms with E-state index in [0.717, 1.165) is 25.9 Å². The Morgan fingerprint density at radius 3 is 2.62 bits per heavy atom. The second-order valence-electron chi connectivity index (χ2n) is 4.16. The van der Waals surface area contributed by atoms with Crippen molar-refractivity contribution in [3.05, 3.63) is 29.6 Å². The minimum atomic E-state index is -0.776. The first-order chi connectivity index (χ1) is 7.72. The molecule has 1 unspecified atom stereocenters. The molecule has 3 nitrogen and oxygen atoms in total. The van der Waals surface area contributed by atoms with E-state index >= 15 is 0 Å². The van der Waals surface area contributed by atoms with E-state index in [-0.39, 0.29) is 12.4 Å². The van der Waals surface area contributed by atoms with E-state index in [0.29, 0.717) is 11.3 Å².